The van der Waals surface area contributed by atoms with E-state index in [1.54, 1.807) is 25.1 Å². The van der Waals surface area contributed by atoms with Gasteiger partial charge in [-0.1, -0.05) is 74.9 Å². The van der Waals surface area contributed by atoms with Gasteiger partial charge in [-0.2, -0.15) is 0 Å². The lowest BCUT2D eigenvalue weighted by atomic mass is 9.79. The minimum atomic E-state index is -0.478. The van der Waals surface area contributed by atoms with Gasteiger partial charge in [-0.15, -0.1) is 0 Å². The zero-order chi connectivity index (χ0) is 26.4. The summed E-state index contributed by atoms with van der Waals surface area (Å²) >= 11 is 0. The third-order valence-corrected chi connectivity index (χ3v) is 7.17. The number of hydrogen-bond donors (Lipinski definition) is 1. The summed E-state index contributed by atoms with van der Waals surface area (Å²) in [4.78, 5) is 11.5. The Morgan fingerprint density at radius 1 is 0.946 bits per heavy atom. The highest BCUT2D eigenvalue weighted by Crippen LogP contribution is 2.37. The molecule has 5 heteroatoms. The molecule has 194 valence electrons. The van der Waals surface area contributed by atoms with Gasteiger partial charge in [0.2, 0.25) is 0 Å². The Labute approximate surface area is 218 Å². The fourth-order valence-electron chi connectivity index (χ4n) is 4.87. The number of hydrogen-bond acceptors (Lipinski definition) is 4. The molecule has 0 amide bonds. The quantitative estimate of drug-likeness (QED) is 0.188. The van der Waals surface area contributed by atoms with Gasteiger partial charge in [-0.05, 0) is 66.0 Å². The Hall–Kier alpha value is -3.44. The van der Waals surface area contributed by atoms with Crippen LogP contribution in [0.4, 0.5) is 4.39 Å². The number of aliphatic hydroxyl groups excluding tert-OH is 1. The Morgan fingerprint density at radius 3 is 2.24 bits per heavy atom. The molecule has 4 rings (SSSR count). The second-order valence-corrected chi connectivity index (χ2v) is 10.0. The first kappa shape index (κ1) is 26.6. The summed E-state index contributed by atoms with van der Waals surface area (Å²) in [5.41, 5.74) is 5.16. The van der Waals surface area contributed by atoms with E-state index in [9.17, 15) is 9.90 Å². The molecular formula is C32H35FO4. The van der Waals surface area contributed by atoms with Gasteiger partial charge >= 0.3 is 5.97 Å². The standard InChI is InChI=1S/C32H35FO4/c1-21(2)32(35)37-17-16-36-31-19-27(12-13-28(31)20-34)26-14-15-29(30(33)18-26)25-10-8-24(9-11-25)23-6-4-22(3)5-7-23/h8-15,18-19,22-23,34H,1,4-7,16-17,20H2,2-3H3. The second-order valence-electron chi connectivity index (χ2n) is 10.0. The molecule has 1 aliphatic rings. The smallest absolute Gasteiger partial charge is 0.333 e. The summed E-state index contributed by atoms with van der Waals surface area (Å²) < 4.78 is 26.0. The van der Waals surface area contributed by atoms with Gasteiger partial charge in [0.1, 0.15) is 24.8 Å². The van der Waals surface area contributed by atoms with Crippen LogP contribution < -0.4 is 4.74 Å². The zero-order valence-corrected chi connectivity index (χ0v) is 21.6. The maximum Gasteiger partial charge on any atom is 0.333 e. The fraction of sp³-hybridized carbons (Fsp3) is 0.344. The number of carbonyl (C=O) groups excluding carboxylic acids is 1. The van der Waals surface area contributed by atoms with Crippen molar-refractivity contribution in [1.82, 2.24) is 0 Å². The molecule has 0 aromatic heterocycles. The molecule has 1 N–H and O–H groups in total. The molecule has 0 atom stereocenters. The Bertz CT molecular complexity index is 1240. The first-order chi connectivity index (χ1) is 17.9. The largest absolute Gasteiger partial charge is 0.490 e. The van der Waals surface area contributed by atoms with Crippen molar-refractivity contribution >= 4 is 5.97 Å². The van der Waals surface area contributed by atoms with Crippen LogP contribution in [0, 0.1) is 11.7 Å². The molecule has 0 aliphatic heterocycles. The van der Waals surface area contributed by atoms with Crippen LogP contribution in [0.2, 0.25) is 0 Å². The van der Waals surface area contributed by atoms with Crippen molar-refractivity contribution in [3.63, 3.8) is 0 Å². The van der Waals surface area contributed by atoms with Gasteiger partial charge in [0.25, 0.3) is 0 Å². The van der Waals surface area contributed by atoms with Crippen LogP contribution in [0.3, 0.4) is 0 Å². The number of carbonyl (C=O) groups is 1. The highest BCUT2D eigenvalue weighted by Gasteiger charge is 2.20. The summed E-state index contributed by atoms with van der Waals surface area (Å²) in [6, 6.07) is 18.9. The maximum absolute atomic E-state index is 15.2. The van der Waals surface area contributed by atoms with Crippen LogP contribution in [-0.2, 0) is 16.1 Å². The lowest BCUT2D eigenvalue weighted by molar-refractivity contribution is -0.139. The molecule has 1 aliphatic carbocycles. The third-order valence-electron chi connectivity index (χ3n) is 7.17. The third kappa shape index (κ3) is 6.66. The van der Waals surface area contributed by atoms with Crippen molar-refractivity contribution in [3.05, 3.63) is 89.8 Å². The van der Waals surface area contributed by atoms with E-state index in [4.69, 9.17) is 9.47 Å². The first-order valence-electron chi connectivity index (χ1n) is 12.9. The molecule has 3 aromatic carbocycles. The second kappa shape index (κ2) is 12.2. The van der Waals surface area contributed by atoms with E-state index in [1.165, 1.54) is 37.3 Å². The first-order valence-corrected chi connectivity index (χ1v) is 12.9. The number of aliphatic hydroxyl groups is 1. The van der Waals surface area contributed by atoms with Crippen LogP contribution in [-0.4, -0.2) is 24.3 Å². The zero-order valence-electron chi connectivity index (χ0n) is 21.6. The maximum atomic E-state index is 15.2. The highest BCUT2D eigenvalue weighted by molar-refractivity contribution is 5.86. The fourth-order valence-corrected chi connectivity index (χ4v) is 4.87. The van der Waals surface area contributed by atoms with Crippen molar-refractivity contribution in [2.75, 3.05) is 13.2 Å². The van der Waals surface area contributed by atoms with Gasteiger partial charge in [0, 0.05) is 16.7 Å². The molecule has 0 bridgehead atoms. The molecule has 37 heavy (non-hydrogen) atoms. The number of esters is 1. The lowest BCUT2D eigenvalue weighted by Gasteiger charge is -2.26. The summed E-state index contributed by atoms with van der Waals surface area (Å²) in [7, 11) is 0. The topological polar surface area (TPSA) is 55.8 Å². The molecule has 4 nitrogen and oxygen atoms in total. The minimum absolute atomic E-state index is 0.0583. The van der Waals surface area contributed by atoms with Crippen LogP contribution in [0.1, 0.15) is 56.6 Å². The van der Waals surface area contributed by atoms with Crippen LogP contribution >= 0.6 is 0 Å². The van der Waals surface area contributed by atoms with Gasteiger partial charge in [0.15, 0.2) is 0 Å². The van der Waals surface area contributed by atoms with Crippen molar-refractivity contribution in [2.45, 2.75) is 52.1 Å². The van der Waals surface area contributed by atoms with Crippen LogP contribution in [0.5, 0.6) is 5.75 Å². The molecular weight excluding hydrogens is 467 g/mol. The van der Waals surface area contributed by atoms with Crippen molar-refractivity contribution in [2.24, 2.45) is 5.92 Å². The predicted molar refractivity (Wildman–Crippen MR) is 145 cm³/mol. The molecule has 0 unspecified atom stereocenters. The Balaban J connectivity index is 1.47. The molecule has 0 heterocycles. The van der Waals surface area contributed by atoms with E-state index >= 15 is 4.39 Å². The highest BCUT2D eigenvalue weighted by atomic mass is 19.1. The molecule has 0 saturated heterocycles. The number of ether oxygens (including phenoxy) is 2. The van der Waals surface area contributed by atoms with Gasteiger partial charge in [0.05, 0.1) is 6.61 Å². The monoisotopic (exact) mass is 502 g/mol. The summed E-state index contributed by atoms with van der Waals surface area (Å²) in [5.74, 6) is 1.11. The van der Waals surface area contributed by atoms with Gasteiger partial charge in [-0.25, -0.2) is 9.18 Å². The lowest BCUT2D eigenvalue weighted by Crippen LogP contribution is -2.13. The normalized spacial score (nSPS) is 17.3. The number of rotatable bonds is 9. The summed E-state index contributed by atoms with van der Waals surface area (Å²) in [5, 5.41) is 9.68. The van der Waals surface area contributed by atoms with E-state index in [0.29, 0.717) is 33.9 Å². The average molecular weight is 503 g/mol. The van der Waals surface area contributed by atoms with E-state index in [1.807, 2.05) is 24.3 Å². The molecule has 1 fully saturated rings. The van der Waals surface area contributed by atoms with E-state index in [0.717, 1.165) is 17.0 Å². The van der Waals surface area contributed by atoms with Crippen LogP contribution in [0.15, 0.2) is 72.8 Å². The van der Waals surface area contributed by atoms with E-state index < -0.39 is 5.97 Å². The number of halogens is 1. The van der Waals surface area contributed by atoms with E-state index in [2.05, 4.69) is 25.6 Å². The Morgan fingerprint density at radius 2 is 1.59 bits per heavy atom. The van der Waals surface area contributed by atoms with Crippen molar-refractivity contribution < 1.29 is 23.8 Å². The van der Waals surface area contributed by atoms with Gasteiger partial charge in [-0.3, -0.25) is 0 Å². The average Bonchev–Trinajstić information content (AvgIpc) is 2.91. The Kier molecular flexibility index (Phi) is 8.78. The van der Waals surface area contributed by atoms with Crippen molar-refractivity contribution in [3.8, 4) is 28.0 Å². The number of benzene rings is 3. The minimum Gasteiger partial charge on any atom is -0.490 e. The van der Waals surface area contributed by atoms with Crippen LogP contribution in [0.25, 0.3) is 22.3 Å². The predicted octanol–water partition coefficient (Wildman–Crippen LogP) is 7.44. The van der Waals surface area contributed by atoms with E-state index in [-0.39, 0.29) is 25.6 Å². The SMILES string of the molecule is C=C(C)C(=O)OCCOc1cc(-c2ccc(-c3ccc(C4CCC(C)CC4)cc3)c(F)c2)ccc1CO. The van der Waals surface area contributed by atoms with Crippen molar-refractivity contribution in [1.29, 1.82) is 0 Å². The molecule has 0 spiro atoms. The molecule has 1 saturated carbocycles. The molecule has 3 aromatic rings. The van der Waals surface area contributed by atoms with Gasteiger partial charge < -0.3 is 14.6 Å². The summed E-state index contributed by atoms with van der Waals surface area (Å²) in [6.45, 7) is 7.42. The summed E-state index contributed by atoms with van der Waals surface area (Å²) in [6.07, 6.45) is 5.00. The molecule has 0 radical (unpaired) electrons.